The van der Waals surface area contributed by atoms with Crippen molar-refractivity contribution in [2.24, 2.45) is 5.92 Å². The molecule has 5 heteroatoms. The molecule has 1 saturated heterocycles. The number of hydrogen-bond acceptors (Lipinski definition) is 4. The Balaban J connectivity index is 1.64. The number of benzene rings is 2. The van der Waals surface area contributed by atoms with E-state index < -0.39 is 0 Å². The lowest BCUT2D eigenvalue weighted by atomic mass is 10.1. The van der Waals surface area contributed by atoms with Gasteiger partial charge in [0.15, 0.2) is 0 Å². The second-order valence-corrected chi connectivity index (χ2v) is 8.41. The molecule has 154 valence electrons. The smallest absolute Gasteiger partial charge is 0.244 e. The third-order valence-corrected chi connectivity index (χ3v) is 5.86. The average Bonchev–Trinajstić information content (AvgIpc) is 3.14. The van der Waals surface area contributed by atoms with Crippen LogP contribution in [0.25, 0.3) is 0 Å². The number of amides is 1. The predicted molar refractivity (Wildman–Crippen MR) is 114 cm³/mol. The fraction of sp³-hybridized carbons (Fsp3) is 0.458. The van der Waals surface area contributed by atoms with Gasteiger partial charge in [0.05, 0.1) is 25.4 Å². The Hall–Kier alpha value is -2.53. The van der Waals surface area contributed by atoms with Crippen LogP contribution < -0.4 is 14.4 Å². The molecular formula is C24H30N2O3. The van der Waals surface area contributed by atoms with Crippen molar-refractivity contribution in [3.05, 3.63) is 54.1 Å². The normalized spacial score (nSPS) is 21.5. The molecule has 0 radical (unpaired) electrons. The minimum absolute atomic E-state index is 0.0698. The third kappa shape index (κ3) is 4.25. The molecule has 2 atom stereocenters. The number of hydrogen-bond donors (Lipinski definition) is 0. The maximum atomic E-state index is 13.7. The molecule has 0 spiro atoms. The molecule has 0 N–H and O–H groups in total. The number of nitrogens with zero attached hydrogens (tertiary/aromatic N) is 2. The highest BCUT2D eigenvalue weighted by atomic mass is 16.5. The zero-order chi connectivity index (χ0) is 20.4. The average molecular weight is 395 g/mol. The fourth-order valence-electron chi connectivity index (χ4n) is 4.21. The van der Waals surface area contributed by atoms with Crippen molar-refractivity contribution in [3.63, 3.8) is 0 Å². The van der Waals surface area contributed by atoms with Crippen LogP contribution in [-0.4, -0.2) is 43.2 Å². The molecule has 2 aliphatic heterocycles. The van der Waals surface area contributed by atoms with E-state index >= 15 is 0 Å². The van der Waals surface area contributed by atoms with Gasteiger partial charge in [0.25, 0.3) is 0 Å². The second kappa shape index (κ2) is 8.46. The number of carbonyl (C=O) groups is 1. The molecule has 1 fully saturated rings. The van der Waals surface area contributed by atoms with E-state index in [1.807, 2.05) is 53.4 Å². The molecular weight excluding hydrogens is 364 g/mol. The maximum Gasteiger partial charge on any atom is 0.244 e. The monoisotopic (exact) mass is 394 g/mol. The summed E-state index contributed by atoms with van der Waals surface area (Å²) in [5.74, 6) is 2.39. The Morgan fingerprint density at radius 2 is 1.90 bits per heavy atom. The Bertz CT molecular complexity index is 849. The number of carbonyl (C=O) groups excluding carboxylic acids is 1. The lowest BCUT2D eigenvalue weighted by molar-refractivity contribution is -0.123. The molecule has 0 aliphatic carbocycles. The Kier molecular flexibility index (Phi) is 5.76. The van der Waals surface area contributed by atoms with Crippen LogP contribution >= 0.6 is 0 Å². The summed E-state index contributed by atoms with van der Waals surface area (Å²) in [6.45, 7) is 6.71. The van der Waals surface area contributed by atoms with Crippen LogP contribution in [-0.2, 0) is 11.3 Å². The molecule has 2 aliphatic rings. The molecule has 29 heavy (non-hydrogen) atoms. The number of para-hydroxylation sites is 2. The van der Waals surface area contributed by atoms with Gasteiger partial charge in [0, 0.05) is 13.0 Å². The van der Waals surface area contributed by atoms with Gasteiger partial charge in [-0.15, -0.1) is 0 Å². The number of fused-ring (bicyclic) bond motifs is 3. The predicted octanol–water partition coefficient (Wildman–Crippen LogP) is 4.11. The van der Waals surface area contributed by atoms with Crippen LogP contribution in [0.5, 0.6) is 11.5 Å². The van der Waals surface area contributed by atoms with E-state index in [-0.39, 0.29) is 18.1 Å². The van der Waals surface area contributed by atoms with Crippen molar-refractivity contribution < 1.29 is 14.3 Å². The van der Waals surface area contributed by atoms with Crippen LogP contribution in [0.15, 0.2) is 48.5 Å². The third-order valence-electron chi connectivity index (χ3n) is 5.86. The van der Waals surface area contributed by atoms with Gasteiger partial charge in [-0.2, -0.15) is 0 Å². The molecule has 2 heterocycles. The largest absolute Gasteiger partial charge is 0.497 e. The van der Waals surface area contributed by atoms with Crippen molar-refractivity contribution in [1.82, 2.24) is 4.90 Å². The molecule has 0 saturated carbocycles. The molecule has 0 unspecified atom stereocenters. The lowest BCUT2D eigenvalue weighted by Crippen LogP contribution is -2.46. The highest BCUT2D eigenvalue weighted by molar-refractivity contribution is 5.99. The first-order chi connectivity index (χ1) is 14.0. The van der Waals surface area contributed by atoms with Gasteiger partial charge in [0.1, 0.15) is 17.6 Å². The first-order valence-corrected chi connectivity index (χ1v) is 10.5. The molecule has 2 aromatic carbocycles. The Morgan fingerprint density at radius 3 is 2.62 bits per heavy atom. The minimum atomic E-state index is -0.120. The number of likely N-dealkylation sites (tertiary alicyclic amines) is 1. The van der Waals surface area contributed by atoms with Gasteiger partial charge >= 0.3 is 0 Å². The van der Waals surface area contributed by atoms with Crippen molar-refractivity contribution in [1.29, 1.82) is 0 Å². The van der Waals surface area contributed by atoms with E-state index in [2.05, 4.69) is 18.7 Å². The van der Waals surface area contributed by atoms with E-state index in [9.17, 15) is 4.79 Å². The molecule has 2 aromatic rings. The zero-order valence-corrected chi connectivity index (χ0v) is 17.5. The fourth-order valence-corrected chi connectivity index (χ4v) is 4.21. The number of methoxy groups -OCH3 is 1. The van der Waals surface area contributed by atoms with Crippen molar-refractivity contribution in [2.45, 2.75) is 45.4 Å². The summed E-state index contributed by atoms with van der Waals surface area (Å²) in [6, 6.07) is 15.7. The quantitative estimate of drug-likeness (QED) is 0.739. The van der Waals surface area contributed by atoms with E-state index in [1.165, 1.54) is 0 Å². The van der Waals surface area contributed by atoms with E-state index in [0.717, 1.165) is 48.7 Å². The number of rotatable bonds is 6. The first-order valence-electron chi connectivity index (χ1n) is 10.5. The van der Waals surface area contributed by atoms with Gasteiger partial charge in [-0.25, -0.2) is 0 Å². The molecule has 1 amide bonds. The number of anilines is 1. The summed E-state index contributed by atoms with van der Waals surface area (Å²) in [6.07, 6.45) is 1.91. The molecule has 5 nitrogen and oxygen atoms in total. The highest BCUT2D eigenvalue weighted by Gasteiger charge is 2.42. The highest BCUT2D eigenvalue weighted by Crippen LogP contribution is 2.37. The second-order valence-electron chi connectivity index (χ2n) is 8.41. The molecule has 4 rings (SSSR count). The van der Waals surface area contributed by atoms with Crippen LogP contribution in [0.3, 0.4) is 0 Å². The van der Waals surface area contributed by atoms with Gasteiger partial charge in [-0.1, -0.05) is 38.1 Å². The summed E-state index contributed by atoms with van der Waals surface area (Å²) in [4.78, 5) is 17.9. The Morgan fingerprint density at radius 1 is 1.14 bits per heavy atom. The van der Waals surface area contributed by atoms with Gasteiger partial charge in [-0.05, 0) is 48.7 Å². The van der Waals surface area contributed by atoms with E-state index in [1.54, 1.807) is 7.11 Å². The van der Waals surface area contributed by atoms with Gasteiger partial charge < -0.3 is 14.4 Å². The van der Waals surface area contributed by atoms with Gasteiger partial charge in [-0.3, -0.25) is 9.69 Å². The summed E-state index contributed by atoms with van der Waals surface area (Å²) in [5.41, 5.74) is 1.92. The summed E-state index contributed by atoms with van der Waals surface area (Å²) in [7, 11) is 1.66. The van der Waals surface area contributed by atoms with Crippen LogP contribution in [0, 0.1) is 5.92 Å². The summed E-state index contributed by atoms with van der Waals surface area (Å²) in [5, 5.41) is 0. The number of ether oxygens (including phenoxy) is 2. The molecule has 2 bridgehead atoms. The van der Waals surface area contributed by atoms with E-state index in [0.29, 0.717) is 12.5 Å². The van der Waals surface area contributed by atoms with Crippen molar-refractivity contribution >= 4 is 11.6 Å². The standard InChI is InChI=1S/C24H30N2O3/c1-17(2)12-13-25-16-20-14-22(25)24(27)26(21-6-4-5-7-23(21)29-20)15-18-8-10-19(28-3)11-9-18/h4-11,17,20,22H,12-16H2,1-3H3/t20-,22-/m0/s1. The van der Waals surface area contributed by atoms with Crippen LogP contribution in [0.4, 0.5) is 5.69 Å². The molecule has 0 aromatic heterocycles. The van der Waals surface area contributed by atoms with Crippen LogP contribution in [0.1, 0.15) is 32.3 Å². The zero-order valence-electron chi connectivity index (χ0n) is 17.5. The summed E-state index contributed by atoms with van der Waals surface area (Å²) >= 11 is 0. The van der Waals surface area contributed by atoms with Crippen molar-refractivity contribution in [2.75, 3.05) is 25.1 Å². The summed E-state index contributed by atoms with van der Waals surface area (Å²) < 4.78 is 11.6. The lowest BCUT2D eigenvalue weighted by Gasteiger charge is -2.32. The Labute approximate surface area is 173 Å². The van der Waals surface area contributed by atoms with Crippen LogP contribution in [0.2, 0.25) is 0 Å². The SMILES string of the molecule is COc1ccc(CN2C(=O)[C@@H]3C[C@@H](CN3CCC(C)C)Oc3ccccc32)cc1. The first kappa shape index (κ1) is 19.8. The topological polar surface area (TPSA) is 42.0 Å². The maximum absolute atomic E-state index is 13.7. The van der Waals surface area contributed by atoms with E-state index in [4.69, 9.17) is 9.47 Å². The minimum Gasteiger partial charge on any atom is -0.497 e. The van der Waals surface area contributed by atoms with Gasteiger partial charge in [0.2, 0.25) is 5.91 Å². The van der Waals surface area contributed by atoms with Crippen molar-refractivity contribution in [3.8, 4) is 11.5 Å².